The largest absolute Gasteiger partial charge is 0.507 e. The lowest BCUT2D eigenvalue weighted by atomic mass is 9.95. The van der Waals surface area contributed by atoms with Crippen molar-refractivity contribution < 1.29 is 24.2 Å². The van der Waals surface area contributed by atoms with Crippen LogP contribution >= 0.6 is 0 Å². The number of methoxy groups -OCH3 is 2. The molecule has 0 spiro atoms. The van der Waals surface area contributed by atoms with Gasteiger partial charge in [-0.25, -0.2) is 0 Å². The summed E-state index contributed by atoms with van der Waals surface area (Å²) in [5.74, 6) is -0.465. The Morgan fingerprint density at radius 3 is 2.32 bits per heavy atom. The van der Waals surface area contributed by atoms with Crippen molar-refractivity contribution >= 4 is 17.4 Å². The molecule has 1 heterocycles. The zero-order valence-electron chi connectivity index (χ0n) is 18.3. The van der Waals surface area contributed by atoms with Gasteiger partial charge in [0.2, 0.25) is 0 Å². The average Bonchev–Trinajstić information content (AvgIpc) is 3.03. The van der Waals surface area contributed by atoms with Gasteiger partial charge in [0, 0.05) is 12.1 Å². The van der Waals surface area contributed by atoms with Crippen molar-refractivity contribution in [1.29, 1.82) is 0 Å². The summed E-state index contributed by atoms with van der Waals surface area (Å²) in [7, 11) is 6.98. The van der Waals surface area contributed by atoms with E-state index in [-0.39, 0.29) is 11.3 Å². The van der Waals surface area contributed by atoms with E-state index in [2.05, 4.69) is 0 Å². The van der Waals surface area contributed by atoms with Gasteiger partial charge in [-0.1, -0.05) is 36.4 Å². The molecule has 2 aromatic rings. The van der Waals surface area contributed by atoms with E-state index in [0.717, 1.165) is 6.54 Å². The standard InChI is InChI=1S/C24H28N2O5/c1-25(2)13-8-14-26-21(17-11-12-18(30-3)19(15-17)31-4)20(23(28)24(26)29)22(27)16-9-6-5-7-10-16/h5-7,9-12,15,21,27H,8,13-14H2,1-4H3/t21-/m1/s1. The van der Waals surface area contributed by atoms with Gasteiger partial charge in [-0.05, 0) is 44.8 Å². The van der Waals surface area contributed by atoms with Crippen molar-refractivity contribution in [1.82, 2.24) is 9.80 Å². The second-order valence-electron chi connectivity index (χ2n) is 7.63. The number of likely N-dealkylation sites (tertiary alicyclic amines) is 1. The van der Waals surface area contributed by atoms with Crippen LogP contribution in [0.25, 0.3) is 5.76 Å². The molecule has 0 bridgehead atoms. The summed E-state index contributed by atoms with van der Waals surface area (Å²) in [5, 5.41) is 11.0. The number of aliphatic hydroxyl groups is 1. The van der Waals surface area contributed by atoms with Crippen LogP contribution in [0.4, 0.5) is 0 Å². The molecule has 164 valence electrons. The molecule has 2 aromatic carbocycles. The highest BCUT2D eigenvalue weighted by molar-refractivity contribution is 6.46. The highest BCUT2D eigenvalue weighted by Gasteiger charge is 2.46. The number of carbonyl (C=O) groups excluding carboxylic acids is 2. The summed E-state index contributed by atoms with van der Waals surface area (Å²) >= 11 is 0. The van der Waals surface area contributed by atoms with E-state index < -0.39 is 17.7 Å². The first-order valence-corrected chi connectivity index (χ1v) is 10.1. The Balaban J connectivity index is 2.13. The molecule has 1 aliphatic heterocycles. The van der Waals surface area contributed by atoms with Crippen molar-refractivity contribution in [3.05, 3.63) is 65.2 Å². The normalized spacial score (nSPS) is 18.0. The number of ketones is 1. The molecule has 1 fully saturated rings. The van der Waals surface area contributed by atoms with Gasteiger partial charge in [-0.15, -0.1) is 0 Å². The monoisotopic (exact) mass is 424 g/mol. The predicted molar refractivity (Wildman–Crippen MR) is 118 cm³/mol. The third kappa shape index (κ3) is 4.56. The van der Waals surface area contributed by atoms with Crippen LogP contribution in [0.15, 0.2) is 54.1 Å². The fourth-order valence-electron chi connectivity index (χ4n) is 3.79. The third-order valence-electron chi connectivity index (χ3n) is 5.31. The smallest absolute Gasteiger partial charge is 0.295 e. The van der Waals surface area contributed by atoms with E-state index >= 15 is 0 Å². The second-order valence-corrected chi connectivity index (χ2v) is 7.63. The van der Waals surface area contributed by atoms with Crippen LogP contribution in [-0.2, 0) is 9.59 Å². The molecular weight excluding hydrogens is 396 g/mol. The minimum atomic E-state index is -0.720. The maximum Gasteiger partial charge on any atom is 0.295 e. The third-order valence-corrected chi connectivity index (χ3v) is 5.31. The van der Waals surface area contributed by atoms with Crippen LogP contribution < -0.4 is 9.47 Å². The van der Waals surface area contributed by atoms with Crippen molar-refractivity contribution in [2.75, 3.05) is 41.4 Å². The molecule has 0 saturated carbocycles. The molecule has 1 atom stereocenters. The summed E-state index contributed by atoms with van der Waals surface area (Å²) in [6, 6.07) is 13.3. The zero-order chi connectivity index (χ0) is 22.5. The van der Waals surface area contributed by atoms with Gasteiger partial charge in [-0.3, -0.25) is 9.59 Å². The number of ether oxygens (including phenoxy) is 2. The number of aliphatic hydroxyl groups excluding tert-OH is 1. The maximum absolute atomic E-state index is 13.0. The Kier molecular flexibility index (Phi) is 6.97. The minimum Gasteiger partial charge on any atom is -0.507 e. The Bertz CT molecular complexity index is 985. The molecule has 7 heteroatoms. The van der Waals surface area contributed by atoms with Crippen molar-refractivity contribution in [3.8, 4) is 11.5 Å². The van der Waals surface area contributed by atoms with E-state index in [1.807, 2.05) is 25.1 Å². The molecule has 0 aliphatic carbocycles. The number of hydrogen-bond acceptors (Lipinski definition) is 6. The van der Waals surface area contributed by atoms with E-state index in [9.17, 15) is 14.7 Å². The van der Waals surface area contributed by atoms with Crippen LogP contribution in [-0.4, -0.2) is 68.0 Å². The minimum absolute atomic E-state index is 0.0771. The molecule has 0 aromatic heterocycles. The lowest BCUT2D eigenvalue weighted by Gasteiger charge is -2.26. The number of amides is 1. The van der Waals surface area contributed by atoms with E-state index in [4.69, 9.17) is 9.47 Å². The molecule has 3 rings (SSSR count). The fourth-order valence-corrected chi connectivity index (χ4v) is 3.79. The molecular formula is C24H28N2O5. The van der Waals surface area contributed by atoms with Crippen LogP contribution in [0, 0.1) is 0 Å². The Labute approximate surface area is 182 Å². The Morgan fingerprint density at radius 1 is 1.03 bits per heavy atom. The Hall–Kier alpha value is -3.32. The first-order valence-electron chi connectivity index (χ1n) is 10.1. The van der Waals surface area contributed by atoms with Gasteiger partial charge >= 0.3 is 0 Å². The molecule has 0 unspecified atom stereocenters. The summed E-state index contributed by atoms with van der Waals surface area (Å²) < 4.78 is 10.7. The van der Waals surface area contributed by atoms with Crippen LogP contribution in [0.3, 0.4) is 0 Å². The fraction of sp³-hybridized carbons (Fsp3) is 0.333. The molecule has 1 saturated heterocycles. The number of carbonyl (C=O) groups is 2. The van der Waals surface area contributed by atoms with Crippen LogP contribution in [0.2, 0.25) is 0 Å². The van der Waals surface area contributed by atoms with Gasteiger partial charge in [0.25, 0.3) is 11.7 Å². The topological polar surface area (TPSA) is 79.3 Å². The van der Waals surface area contributed by atoms with E-state index in [0.29, 0.717) is 35.6 Å². The lowest BCUT2D eigenvalue weighted by molar-refractivity contribution is -0.139. The average molecular weight is 424 g/mol. The quantitative estimate of drug-likeness (QED) is 0.399. The summed E-state index contributed by atoms with van der Waals surface area (Å²) in [6.45, 7) is 1.15. The van der Waals surface area contributed by atoms with Gasteiger partial charge in [-0.2, -0.15) is 0 Å². The number of Topliss-reactive ketones (excluding diaryl/α,β-unsaturated/α-hetero) is 1. The summed E-state index contributed by atoms with van der Waals surface area (Å²) in [5.41, 5.74) is 1.23. The van der Waals surface area contributed by atoms with Gasteiger partial charge in [0.1, 0.15) is 5.76 Å². The number of hydrogen-bond donors (Lipinski definition) is 1. The van der Waals surface area contributed by atoms with Crippen LogP contribution in [0.5, 0.6) is 11.5 Å². The first-order chi connectivity index (χ1) is 14.9. The number of rotatable bonds is 8. The molecule has 0 radical (unpaired) electrons. The molecule has 7 nitrogen and oxygen atoms in total. The van der Waals surface area contributed by atoms with Crippen molar-refractivity contribution in [2.45, 2.75) is 12.5 Å². The Morgan fingerprint density at radius 2 is 1.71 bits per heavy atom. The first kappa shape index (κ1) is 22.4. The number of benzene rings is 2. The van der Waals surface area contributed by atoms with E-state index in [1.165, 1.54) is 12.0 Å². The molecule has 1 amide bonds. The second kappa shape index (κ2) is 9.66. The number of nitrogens with zero attached hydrogens (tertiary/aromatic N) is 2. The maximum atomic E-state index is 13.0. The SMILES string of the molecule is COc1ccc([C@@H]2C(=C(O)c3ccccc3)C(=O)C(=O)N2CCCN(C)C)cc1OC. The lowest BCUT2D eigenvalue weighted by Crippen LogP contribution is -2.32. The molecule has 1 aliphatic rings. The molecule has 1 N–H and O–H groups in total. The highest BCUT2D eigenvalue weighted by atomic mass is 16.5. The van der Waals surface area contributed by atoms with Gasteiger partial charge < -0.3 is 24.4 Å². The summed E-state index contributed by atoms with van der Waals surface area (Å²) in [4.78, 5) is 29.5. The highest BCUT2D eigenvalue weighted by Crippen LogP contribution is 2.41. The van der Waals surface area contributed by atoms with Crippen LogP contribution in [0.1, 0.15) is 23.6 Å². The predicted octanol–water partition coefficient (Wildman–Crippen LogP) is 3.08. The summed E-state index contributed by atoms with van der Waals surface area (Å²) in [6.07, 6.45) is 0.690. The van der Waals surface area contributed by atoms with E-state index in [1.54, 1.807) is 49.6 Å². The van der Waals surface area contributed by atoms with Gasteiger partial charge in [0.15, 0.2) is 11.5 Å². The zero-order valence-corrected chi connectivity index (χ0v) is 18.3. The van der Waals surface area contributed by atoms with Crippen molar-refractivity contribution in [3.63, 3.8) is 0 Å². The van der Waals surface area contributed by atoms with Gasteiger partial charge in [0.05, 0.1) is 25.8 Å². The van der Waals surface area contributed by atoms with Crippen molar-refractivity contribution in [2.24, 2.45) is 0 Å². The molecule has 31 heavy (non-hydrogen) atoms.